The van der Waals surface area contributed by atoms with Gasteiger partial charge in [-0.15, -0.1) is 0 Å². The van der Waals surface area contributed by atoms with E-state index < -0.39 is 0 Å². The van der Waals surface area contributed by atoms with Gasteiger partial charge in [-0.1, -0.05) is 41.4 Å². The lowest BCUT2D eigenvalue weighted by atomic mass is 10.1. The molecule has 1 amide bonds. The Hall–Kier alpha value is -2.24. The summed E-state index contributed by atoms with van der Waals surface area (Å²) in [4.78, 5) is 11.9. The Bertz CT molecular complexity index is 763. The van der Waals surface area contributed by atoms with E-state index in [9.17, 15) is 4.79 Å². The van der Waals surface area contributed by atoms with Gasteiger partial charge in [-0.25, -0.2) is 5.43 Å². The number of para-hydroxylation sites is 2. The minimum Gasteiger partial charge on any atom is -0.495 e. The lowest BCUT2D eigenvalue weighted by molar-refractivity contribution is -0.119. The number of methoxy groups -OCH3 is 1. The predicted molar refractivity (Wildman–Crippen MR) is 98.3 cm³/mol. The molecule has 0 aromatic heterocycles. The lowest BCUT2D eigenvalue weighted by Gasteiger charge is -2.10. The highest BCUT2D eigenvalue weighted by Gasteiger charge is 2.06. The van der Waals surface area contributed by atoms with Gasteiger partial charge in [0.25, 0.3) is 5.91 Å². The molecule has 0 bridgehead atoms. The number of halogens is 2. The molecule has 5 nitrogen and oxygen atoms in total. The standard InChI is InChI=1S/C17H17Cl2N3O2/c1-11(12-7-8-13(18)14(19)9-12)21-22-17(23)10-20-15-5-3-4-6-16(15)24-2/h3-9,20H,10H2,1-2H3,(H,22,23)/b21-11-. The highest BCUT2D eigenvalue weighted by molar-refractivity contribution is 6.42. The number of benzene rings is 2. The summed E-state index contributed by atoms with van der Waals surface area (Å²) in [5, 5.41) is 7.97. The number of rotatable bonds is 6. The quantitative estimate of drug-likeness (QED) is 0.601. The second kappa shape index (κ2) is 8.57. The molecule has 24 heavy (non-hydrogen) atoms. The monoisotopic (exact) mass is 365 g/mol. The first-order chi connectivity index (χ1) is 11.5. The van der Waals surface area contributed by atoms with Gasteiger partial charge in [-0.2, -0.15) is 5.10 Å². The first-order valence-corrected chi connectivity index (χ1v) is 7.92. The number of carbonyl (C=O) groups excluding carboxylic acids is 1. The van der Waals surface area contributed by atoms with E-state index in [1.165, 1.54) is 0 Å². The van der Waals surface area contributed by atoms with Crippen LogP contribution in [0.2, 0.25) is 10.0 Å². The summed E-state index contributed by atoms with van der Waals surface area (Å²) in [6.07, 6.45) is 0. The summed E-state index contributed by atoms with van der Waals surface area (Å²) in [5.74, 6) is 0.390. The molecule has 0 spiro atoms. The van der Waals surface area contributed by atoms with Crippen LogP contribution in [-0.4, -0.2) is 25.3 Å². The Morgan fingerprint density at radius 1 is 1.17 bits per heavy atom. The van der Waals surface area contributed by atoms with Gasteiger partial charge in [-0.3, -0.25) is 4.79 Å². The van der Waals surface area contributed by atoms with Crippen molar-refractivity contribution < 1.29 is 9.53 Å². The molecule has 2 N–H and O–H groups in total. The first kappa shape index (κ1) is 18.1. The SMILES string of the molecule is COc1ccccc1NCC(=O)N/N=C(/C)c1ccc(Cl)c(Cl)c1. The van der Waals surface area contributed by atoms with E-state index in [1.807, 2.05) is 24.3 Å². The minimum atomic E-state index is -0.277. The second-order valence-corrected chi connectivity index (χ2v) is 5.73. The molecular weight excluding hydrogens is 349 g/mol. The van der Waals surface area contributed by atoms with Gasteiger partial charge in [0.1, 0.15) is 5.75 Å². The van der Waals surface area contributed by atoms with Gasteiger partial charge in [-0.05, 0) is 36.8 Å². The van der Waals surface area contributed by atoms with Crippen LogP contribution in [-0.2, 0) is 4.79 Å². The van der Waals surface area contributed by atoms with Crippen LogP contribution < -0.4 is 15.5 Å². The van der Waals surface area contributed by atoms with Crippen LogP contribution in [0.25, 0.3) is 0 Å². The number of amides is 1. The van der Waals surface area contributed by atoms with E-state index >= 15 is 0 Å². The van der Waals surface area contributed by atoms with E-state index in [2.05, 4.69) is 15.8 Å². The number of hydrazone groups is 1. The summed E-state index contributed by atoms with van der Waals surface area (Å²) in [5.41, 5.74) is 4.63. The van der Waals surface area contributed by atoms with Gasteiger partial charge in [0.15, 0.2) is 0 Å². The van der Waals surface area contributed by atoms with E-state index in [-0.39, 0.29) is 12.5 Å². The van der Waals surface area contributed by atoms with Crippen LogP contribution in [0.3, 0.4) is 0 Å². The largest absolute Gasteiger partial charge is 0.495 e. The number of carbonyl (C=O) groups is 1. The third kappa shape index (κ3) is 4.88. The normalized spacial score (nSPS) is 11.1. The molecule has 0 aliphatic carbocycles. The molecule has 0 atom stereocenters. The summed E-state index contributed by atoms with van der Waals surface area (Å²) in [7, 11) is 1.57. The summed E-state index contributed by atoms with van der Waals surface area (Å²) >= 11 is 11.8. The Kier molecular flexibility index (Phi) is 6.46. The van der Waals surface area contributed by atoms with Crippen molar-refractivity contribution in [2.24, 2.45) is 5.10 Å². The van der Waals surface area contributed by atoms with Crippen molar-refractivity contribution in [1.29, 1.82) is 0 Å². The zero-order valence-corrected chi connectivity index (χ0v) is 14.8. The molecule has 0 radical (unpaired) electrons. The Morgan fingerprint density at radius 2 is 1.92 bits per heavy atom. The van der Waals surface area contributed by atoms with Crippen molar-refractivity contribution in [3.63, 3.8) is 0 Å². The van der Waals surface area contributed by atoms with Crippen LogP contribution in [0.1, 0.15) is 12.5 Å². The zero-order chi connectivity index (χ0) is 17.5. The fourth-order valence-electron chi connectivity index (χ4n) is 1.94. The maximum atomic E-state index is 11.9. The molecule has 0 aliphatic heterocycles. The zero-order valence-electron chi connectivity index (χ0n) is 13.3. The Balaban J connectivity index is 1.93. The van der Waals surface area contributed by atoms with Gasteiger partial charge in [0, 0.05) is 0 Å². The maximum Gasteiger partial charge on any atom is 0.259 e. The van der Waals surface area contributed by atoms with Crippen LogP contribution >= 0.6 is 23.2 Å². The molecule has 2 aromatic carbocycles. The predicted octanol–water partition coefficient (Wildman–Crippen LogP) is 3.95. The summed E-state index contributed by atoms with van der Waals surface area (Å²) < 4.78 is 5.21. The molecule has 0 heterocycles. The van der Waals surface area contributed by atoms with E-state index in [1.54, 1.807) is 32.2 Å². The average Bonchev–Trinajstić information content (AvgIpc) is 2.60. The first-order valence-electron chi connectivity index (χ1n) is 7.16. The third-order valence-electron chi connectivity index (χ3n) is 3.23. The fourth-order valence-corrected chi connectivity index (χ4v) is 2.24. The van der Waals surface area contributed by atoms with E-state index in [4.69, 9.17) is 27.9 Å². The van der Waals surface area contributed by atoms with Gasteiger partial charge in [0.05, 0.1) is 35.1 Å². The number of nitrogens with zero attached hydrogens (tertiary/aromatic N) is 1. The van der Waals surface area contributed by atoms with Gasteiger partial charge in [0.2, 0.25) is 0 Å². The molecule has 0 saturated heterocycles. The number of nitrogens with one attached hydrogen (secondary N) is 2. The molecule has 2 rings (SSSR count). The molecule has 7 heteroatoms. The van der Waals surface area contributed by atoms with Gasteiger partial charge < -0.3 is 10.1 Å². The molecule has 0 fully saturated rings. The maximum absolute atomic E-state index is 11.9. The Labute approximate surface area is 150 Å². The number of ether oxygens (including phenoxy) is 1. The second-order valence-electron chi connectivity index (χ2n) is 4.91. The van der Waals surface area contributed by atoms with Crippen LogP contribution in [0.15, 0.2) is 47.6 Å². The third-order valence-corrected chi connectivity index (χ3v) is 3.97. The molecule has 0 saturated carbocycles. The number of hydrogen-bond acceptors (Lipinski definition) is 4. The average molecular weight is 366 g/mol. The lowest BCUT2D eigenvalue weighted by Crippen LogP contribution is -2.26. The summed E-state index contributed by atoms with van der Waals surface area (Å²) in [6, 6.07) is 12.5. The van der Waals surface area contributed by atoms with Crippen molar-refractivity contribution in [3.05, 3.63) is 58.1 Å². The van der Waals surface area contributed by atoms with E-state index in [0.29, 0.717) is 21.5 Å². The minimum absolute atomic E-state index is 0.0680. The van der Waals surface area contributed by atoms with Crippen molar-refractivity contribution in [1.82, 2.24) is 5.43 Å². The van der Waals surface area contributed by atoms with Crippen LogP contribution in [0.4, 0.5) is 5.69 Å². The molecule has 0 unspecified atom stereocenters. The molecule has 126 valence electrons. The topological polar surface area (TPSA) is 62.7 Å². The van der Waals surface area contributed by atoms with Crippen molar-refractivity contribution in [2.45, 2.75) is 6.92 Å². The van der Waals surface area contributed by atoms with Gasteiger partial charge >= 0.3 is 0 Å². The highest BCUT2D eigenvalue weighted by Crippen LogP contribution is 2.23. The Morgan fingerprint density at radius 3 is 2.62 bits per heavy atom. The van der Waals surface area contributed by atoms with Crippen molar-refractivity contribution in [2.75, 3.05) is 19.0 Å². The number of hydrogen-bond donors (Lipinski definition) is 2. The molecular formula is C17H17Cl2N3O2. The highest BCUT2D eigenvalue weighted by atomic mass is 35.5. The molecule has 0 aliphatic rings. The van der Waals surface area contributed by atoms with Crippen molar-refractivity contribution in [3.8, 4) is 5.75 Å². The smallest absolute Gasteiger partial charge is 0.259 e. The van der Waals surface area contributed by atoms with Crippen LogP contribution in [0.5, 0.6) is 5.75 Å². The van der Waals surface area contributed by atoms with E-state index in [0.717, 1.165) is 11.3 Å². The fraction of sp³-hybridized carbons (Fsp3) is 0.176. The van der Waals surface area contributed by atoms with Crippen molar-refractivity contribution >= 4 is 40.5 Å². The molecule has 2 aromatic rings. The summed E-state index contributed by atoms with van der Waals surface area (Å²) in [6.45, 7) is 1.84. The van der Waals surface area contributed by atoms with Crippen LogP contribution in [0, 0.1) is 0 Å². The number of anilines is 1.